The van der Waals surface area contributed by atoms with Crippen LogP contribution >= 0.6 is 0 Å². The average molecular weight is 452 g/mol. The summed E-state index contributed by atoms with van der Waals surface area (Å²) in [6.07, 6.45) is 2.41. The molecule has 6 rings (SSSR count). The normalized spacial score (nSPS) is 22.1. The maximum atomic E-state index is 14.1. The molecule has 2 atom stereocenters. The van der Waals surface area contributed by atoms with Crippen LogP contribution in [0.25, 0.3) is 0 Å². The number of benzene rings is 3. The summed E-state index contributed by atoms with van der Waals surface area (Å²) in [7, 11) is 1.65. The first-order valence-corrected chi connectivity index (χ1v) is 11.4. The Morgan fingerprint density at radius 2 is 1.97 bits per heavy atom. The molecular formula is C28H25N3O3. The second kappa shape index (κ2) is 7.48. The van der Waals surface area contributed by atoms with Crippen molar-refractivity contribution in [3.05, 3.63) is 102 Å². The standard InChI is InChI=1S/C28H25N3O3/c1-4-15-30-24-14-9-18(2)16-22(24)28(27(30)32)31-25(21-7-5-6-8-26(21)34-28)17-23(29-31)19-10-12-20(33-3)13-11-19/h4-14,16,25H,1,15,17H2,2-3H3. The number of methoxy groups -OCH3 is 1. The Kier molecular flexibility index (Phi) is 4.52. The molecule has 3 heterocycles. The maximum absolute atomic E-state index is 14.1. The van der Waals surface area contributed by atoms with E-state index in [0.29, 0.717) is 13.0 Å². The molecule has 2 unspecified atom stereocenters. The summed E-state index contributed by atoms with van der Waals surface area (Å²) in [5.74, 6) is 1.36. The van der Waals surface area contributed by atoms with Gasteiger partial charge in [0.2, 0.25) is 0 Å². The van der Waals surface area contributed by atoms with Crippen LogP contribution in [-0.2, 0) is 10.5 Å². The summed E-state index contributed by atoms with van der Waals surface area (Å²) in [6.45, 7) is 6.29. The molecule has 0 aliphatic carbocycles. The quantitative estimate of drug-likeness (QED) is 0.528. The monoisotopic (exact) mass is 451 g/mol. The van der Waals surface area contributed by atoms with Crippen LogP contribution < -0.4 is 14.4 Å². The van der Waals surface area contributed by atoms with Crippen LogP contribution in [0.2, 0.25) is 0 Å². The van der Waals surface area contributed by atoms with Crippen molar-refractivity contribution in [1.29, 1.82) is 0 Å². The summed E-state index contributed by atoms with van der Waals surface area (Å²) in [4.78, 5) is 15.9. The smallest absolute Gasteiger partial charge is 0.306 e. The molecular weight excluding hydrogens is 426 g/mol. The second-order valence-corrected chi connectivity index (χ2v) is 8.85. The van der Waals surface area contributed by atoms with Gasteiger partial charge in [-0.05, 0) is 55.0 Å². The Morgan fingerprint density at radius 3 is 2.74 bits per heavy atom. The molecule has 34 heavy (non-hydrogen) atoms. The third-order valence-corrected chi connectivity index (χ3v) is 6.85. The summed E-state index contributed by atoms with van der Waals surface area (Å²) >= 11 is 0. The minimum atomic E-state index is -1.36. The topological polar surface area (TPSA) is 54.4 Å². The van der Waals surface area contributed by atoms with Crippen molar-refractivity contribution in [3.8, 4) is 11.5 Å². The Hall–Kier alpha value is -4.06. The fraction of sp³-hybridized carbons (Fsp3) is 0.214. The molecule has 0 saturated carbocycles. The van der Waals surface area contributed by atoms with Crippen molar-refractivity contribution in [3.63, 3.8) is 0 Å². The molecule has 3 aromatic rings. The molecule has 3 aliphatic rings. The molecule has 1 spiro atoms. The van der Waals surface area contributed by atoms with Gasteiger partial charge in [-0.3, -0.25) is 4.79 Å². The SMILES string of the molecule is C=CCN1C(=O)C2(Oc3ccccc3C3CC(c4ccc(OC)cc4)=NN32)c2cc(C)ccc21. The number of hydrogen-bond acceptors (Lipinski definition) is 5. The van der Waals surface area contributed by atoms with Crippen molar-refractivity contribution in [2.45, 2.75) is 25.1 Å². The van der Waals surface area contributed by atoms with E-state index in [1.165, 1.54) is 0 Å². The van der Waals surface area contributed by atoms with Gasteiger partial charge in [0.05, 0.1) is 30.1 Å². The number of fused-ring (bicyclic) bond motifs is 6. The van der Waals surface area contributed by atoms with E-state index < -0.39 is 5.72 Å². The summed E-state index contributed by atoms with van der Waals surface area (Å²) in [5, 5.41) is 6.94. The molecule has 0 saturated heterocycles. The van der Waals surface area contributed by atoms with Gasteiger partial charge in [-0.25, -0.2) is 5.01 Å². The van der Waals surface area contributed by atoms with Crippen LogP contribution in [0, 0.1) is 6.92 Å². The van der Waals surface area contributed by atoms with Gasteiger partial charge >= 0.3 is 5.72 Å². The number of hydrazone groups is 1. The first-order chi connectivity index (χ1) is 16.6. The van der Waals surface area contributed by atoms with Gasteiger partial charge in [-0.2, -0.15) is 5.10 Å². The number of ether oxygens (including phenoxy) is 2. The predicted molar refractivity (Wildman–Crippen MR) is 131 cm³/mol. The molecule has 3 aromatic carbocycles. The number of nitrogens with zero attached hydrogens (tertiary/aromatic N) is 3. The van der Waals surface area contributed by atoms with Gasteiger partial charge in [0, 0.05) is 18.5 Å². The second-order valence-electron chi connectivity index (χ2n) is 8.85. The fourth-order valence-electron chi connectivity index (χ4n) is 5.25. The number of hydrogen-bond donors (Lipinski definition) is 0. The van der Waals surface area contributed by atoms with E-state index in [1.54, 1.807) is 18.1 Å². The Labute approximate surface area is 198 Å². The molecule has 6 nitrogen and oxygen atoms in total. The van der Waals surface area contributed by atoms with Gasteiger partial charge in [-0.15, -0.1) is 6.58 Å². The van der Waals surface area contributed by atoms with Crippen molar-refractivity contribution >= 4 is 17.3 Å². The summed E-state index contributed by atoms with van der Waals surface area (Å²) in [6, 6.07) is 21.8. The maximum Gasteiger partial charge on any atom is 0.306 e. The number of carbonyl (C=O) groups excluding carboxylic acids is 1. The highest BCUT2D eigenvalue weighted by atomic mass is 16.5. The van der Waals surface area contributed by atoms with Crippen molar-refractivity contribution in [1.82, 2.24) is 5.01 Å². The number of rotatable bonds is 4. The highest BCUT2D eigenvalue weighted by molar-refractivity contribution is 6.08. The zero-order valence-corrected chi connectivity index (χ0v) is 19.2. The van der Waals surface area contributed by atoms with Crippen LogP contribution in [0.15, 0.2) is 84.5 Å². The average Bonchev–Trinajstić information content (AvgIpc) is 3.40. The van der Waals surface area contributed by atoms with Gasteiger partial charge in [-0.1, -0.05) is 35.9 Å². The summed E-state index contributed by atoms with van der Waals surface area (Å²) < 4.78 is 12.0. The minimum Gasteiger partial charge on any atom is -0.497 e. The Balaban J connectivity index is 1.56. The van der Waals surface area contributed by atoms with E-state index in [2.05, 4.69) is 12.6 Å². The lowest BCUT2D eigenvalue weighted by Crippen LogP contribution is -2.57. The van der Waals surface area contributed by atoms with Crippen molar-refractivity contribution in [2.24, 2.45) is 5.10 Å². The number of aryl methyl sites for hydroxylation is 1. The number of amides is 1. The molecule has 0 aromatic heterocycles. The number of carbonyl (C=O) groups is 1. The van der Waals surface area contributed by atoms with Gasteiger partial charge in [0.25, 0.3) is 5.91 Å². The first kappa shape index (κ1) is 20.5. The molecule has 0 bridgehead atoms. The third kappa shape index (κ3) is 2.75. The van der Waals surface area contributed by atoms with Crippen LogP contribution in [0.5, 0.6) is 11.5 Å². The number of para-hydroxylation sites is 1. The highest BCUT2D eigenvalue weighted by Gasteiger charge is 2.63. The van der Waals surface area contributed by atoms with Crippen LogP contribution in [0.3, 0.4) is 0 Å². The van der Waals surface area contributed by atoms with E-state index in [-0.39, 0.29) is 11.9 Å². The fourth-order valence-corrected chi connectivity index (χ4v) is 5.25. The van der Waals surface area contributed by atoms with E-state index in [9.17, 15) is 4.79 Å². The lowest BCUT2D eigenvalue weighted by molar-refractivity contribution is -0.163. The Bertz CT molecular complexity index is 1350. The van der Waals surface area contributed by atoms with Gasteiger partial charge < -0.3 is 14.4 Å². The lowest BCUT2D eigenvalue weighted by Gasteiger charge is -2.44. The van der Waals surface area contributed by atoms with Crippen LogP contribution in [0.1, 0.15) is 34.7 Å². The van der Waals surface area contributed by atoms with Crippen molar-refractivity contribution < 1.29 is 14.3 Å². The molecule has 3 aliphatic heterocycles. The van der Waals surface area contributed by atoms with Gasteiger partial charge in [0.1, 0.15) is 11.5 Å². The van der Waals surface area contributed by atoms with E-state index in [1.807, 2.05) is 72.6 Å². The molecule has 0 fully saturated rings. The van der Waals surface area contributed by atoms with E-state index in [4.69, 9.17) is 14.6 Å². The van der Waals surface area contributed by atoms with Crippen LogP contribution in [-0.4, -0.2) is 30.3 Å². The molecule has 0 radical (unpaired) electrons. The van der Waals surface area contributed by atoms with Crippen LogP contribution in [0.4, 0.5) is 5.69 Å². The zero-order valence-electron chi connectivity index (χ0n) is 19.2. The third-order valence-electron chi connectivity index (χ3n) is 6.85. The summed E-state index contributed by atoms with van der Waals surface area (Å²) in [5.41, 5.74) is 4.29. The van der Waals surface area contributed by atoms with E-state index >= 15 is 0 Å². The highest BCUT2D eigenvalue weighted by Crippen LogP contribution is 2.55. The first-order valence-electron chi connectivity index (χ1n) is 11.4. The largest absolute Gasteiger partial charge is 0.497 e. The molecule has 0 N–H and O–H groups in total. The molecule has 6 heteroatoms. The van der Waals surface area contributed by atoms with Crippen molar-refractivity contribution in [2.75, 3.05) is 18.6 Å². The van der Waals surface area contributed by atoms with Gasteiger partial charge in [0.15, 0.2) is 0 Å². The number of anilines is 1. The lowest BCUT2D eigenvalue weighted by atomic mass is 9.92. The Morgan fingerprint density at radius 1 is 1.18 bits per heavy atom. The minimum absolute atomic E-state index is 0.122. The zero-order chi connectivity index (χ0) is 23.4. The van der Waals surface area contributed by atoms with E-state index in [0.717, 1.165) is 45.2 Å². The molecule has 1 amide bonds. The predicted octanol–water partition coefficient (Wildman–Crippen LogP) is 4.93. The molecule has 170 valence electrons.